The predicted octanol–water partition coefficient (Wildman–Crippen LogP) is 2.84. The van der Waals surface area contributed by atoms with Crippen molar-refractivity contribution in [1.82, 2.24) is 14.9 Å². The van der Waals surface area contributed by atoms with Crippen LogP contribution in [0.3, 0.4) is 0 Å². The van der Waals surface area contributed by atoms with E-state index in [1.54, 1.807) is 13.0 Å². The molecule has 1 aromatic heterocycles. The molecule has 1 saturated heterocycles. The molecule has 9 nitrogen and oxygen atoms in total. The van der Waals surface area contributed by atoms with Crippen LogP contribution in [0.15, 0.2) is 23.0 Å². The third-order valence-corrected chi connectivity index (χ3v) is 6.87. The van der Waals surface area contributed by atoms with Gasteiger partial charge in [-0.05, 0) is 44.2 Å². The summed E-state index contributed by atoms with van der Waals surface area (Å²) in [4.78, 5) is 41.8. The van der Waals surface area contributed by atoms with Gasteiger partial charge in [0, 0.05) is 6.42 Å². The van der Waals surface area contributed by atoms with Gasteiger partial charge >= 0.3 is 0 Å². The maximum atomic E-state index is 13.4. The monoisotopic (exact) mass is 477 g/mol. The summed E-state index contributed by atoms with van der Waals surface area (Å²) in [6.07, 6.45) is 7.24. The van der Waals surface area contributed by atoms with Gasteiger partial charge in [0.05, 0.1) is 16.7 Å². The van der Waals surface area contributed by atoms with Gasteiger partial charge in [-0.15, -0.1) is 0 Å². The van der Waals surface area contributed by atoms with Gasteiger partial charge < -0.3 is 0 Å². The van der Waals surface area contributed by atoms with Gasteiger partial charge in [-0.2, -0.15) is 8.42 Å². The second-order valence-corrected chi connectivity index (χ2v) is 10.2. The normalized spacial score (nSPS) is 16.8. The Kier molecular flexibility index (Phi) is 8.36. The van der Waals surface area contributed by atoms with E-state index in [-0.39, 0.29) is 30.1 Å². The average Bonchev–Trinajstić information content (AvgIpc) is 2.73. The Hall–Kier alpha value is -2.59. The van der Waals surface area contributed by atoms with Crippen LogP contribution in [0.25, 0.3) is 10.9 Å². The van der Waals surface area contributed by atoms with Crippen LogP contribution in [0.5, 0.6) is 0 Å². The Balaban J connectivity index is 1.62. The maximum Gasteiger partial charge on any atom is 0.264 e. The first kappa shape index (κ1) is 25.0. The van der Waals surface area contributed by atoms with Crippen LogP contribution in [-0.4, -0.2) is 40.1 Å². The number of nitrogens with zero attached hydrogens (tertiary/aromatic N) is 2. The van der Waals surface area contributed by atoms with Gasteiger partial charge in [0.25, 0.3) is 15.7 Å². The summed E-state index contributed by atoms with van der Waals surface area (Å²) >= 11 is 0. The summed E-state index contributed by atoms with van der Waals surface area (Å²) in [5, 5.41) is 2.84. The summed E-state index contributed by atoms with van der Waals surface area (Å²) in [5.41, 5.74) is 1.26. The van der Waals surface area contributed by atoms with Crippen LogP contribution in [0.2, 0.25) is 0 Å². The quantitative estimate of drug-likeness (QED) is 0.288. The van der Waals surface area contributed by atoms with Crippen LogP contribution >= 0.6 is 0 Å². The molecule has 33 heavy (non-hydrogen) atoms. The van der Waals surface area contributed by atoms with Gasteiger partial charge in [0.1, 0.15) is 11.9 Å². The minimum atomic E-state index is -3.87. The number of imide groups is 1. The number of aryl methyl sites for hydroxylation is 2. The van der Waals surface area contributed by atoms with Crippen molar-refractivity contribution in [2.45, 2.75) is 77.2 Å². The van der Waals surface area contributed by atoms with Crippen molar-refractivity contribution >= 4 is 32.8 Å². The number of rotatable bonds is 11. The van der Waals surface area contributed by atoms with E-state index in [9.17, 15) is 22.8 Å². The highest BCUT2D eigenvalue weighted by molar-refractivity contribution is 7.85. The average molecular weight is 478 g/mol. The Morgan fingerprint density at radius 3 is 2.39 bits per heavy atom. The van der Waals surface area contributed by atoms with E-state index in [2.05, 4.69) is 10.3 Å². The number of benzene rings is 1. The standard InChI is InChI=1S/C23H31N3O6S/c1-16-24-18-12-9-11-17(10-7-5-3-2-4-6-8-15-33(30,31)32)21(18)23(29)26(16)19-13-14-20(27)25-22(19)28/h9,11-12,19H,2-8,10,13-15H2,1H3,(H,25,27,28)(H,30,31,32). The summed E-state index contributed by atoms with van der Waals surface area (Å²) in [6.45, 7) is 1.70. The zero-order valence-corrected chi connectivity index (χ0v) is 19.7. The van der Waals surface area contributed by atoms with E-state index in [1.807, 2.05) is 12.1 Å². The van der Waals surface area contributed by atoms with Crippen molar-refractivity contribution in [3.05, 3.63) is 39.9 Å². The zero-order chi connectivity index (χ0) is 24.0. The number of fused-ring (bicyclic) bond motifs is 1. The van der Waals surface area contributed by atoms with Crippen LogP contribution in [0.4, 0.5) is 0 Å². The van der Waals surface area contributed by atoms with Gasteiger partial charge in [-0.25, -0.2) is 4.98 Å². The molecule has 2 aromatic rings. The van der Waals surface area contributed by atoms with Crippen molar-refractivity contribution in [2.75, 3.05) is 5.75 Å². The number of hydrogen-bond donors (Lipinski definition) is 2. The molecule has 1 fully saturated rings. The molecule has 10 heteroatoms. The van der Waals surface area contributed by atoms with E-state index in [0.29, 0.717) is 23.1 Å². The molecule has 2 N–H and O–H groups in total. The molecule has 2 amide bonds. The fraction of sp³-hybridized carbons (Fsp3) is 0.565. The minimum Gasteiger partial charge on any atom is -0.295 e. The molecule has 0 saturated carbocycles. The van der Waals surface area contributed by atoms with E-state index in [0.717, 1.165) is 50.5 Å². The molecular formula is C23H31N3O6S. The lowest BCUT2D eigenvalue weighted by atomic mass is 10.0. The van der Waals surface area contributed by atoms with Crippen molar-refractivity contribution in [3.63, 3.8) is 0 Å². The highest BCUT2D eigenvalue weighted by Crippen LogP contribution is 2.22. The molecule has 1 aliphatic heterocycles. The first-order valence-corrected chi connectivity index (χ1v) is 13.1. The van der Waals surface area contributed by atoms with Gasteiger partial charge in [-0.1, -0.05) is 44.2 Å². The lowest BCUT2D eigenvalue weighted by Crippen LogP contribution is -2.45. The fourth-order valence-electron chi connectivity index (χ4n) is 4.41. The van der Waals surface area contributed by atoms with Crippen LogP contribution in [0, 0.1) is 6.92 Å². The minimum absolute atomic E-state index is 0.183. The van der Waals surface area contributed by atoms with Gasteiger partial charge in [-0.3, -0.25) is 28.8 Å². The second-order valence-electron chi connectivity index (χ2n) is 8.62. The predicted molar refractivity (Wildman–Crippen MR) is 125 cm³/mol. The summed E-state index contributed by atoms with van der Waals surface area (Å²) in [5.74, 6) is -0.521. The van der Waals surface area contributed by atoms with Crippen LogP contribution in [0.1, 0.15) is 75.2 Å². The molecule has 3 rings (SSSR count). The molecule has 2 heterocycles. The largest absolute Gasteiger partial charge is 0.295 e. The van der Waals surface area contributed by atoms with Crippen molar-refractivity contribution in [2.24, 2.45) is 0 Å². The molecule has 0 spiro atoms. The first-order chi connectivity index (χ1) is 15.7. The SMILES string of the molecule is Cc1nc2cccc(CCCCCCCCCS(=O)(=O)O)c2c(=O)n1C1CCC(=O)NC1=O. The molecule has 0 aliphatic carbocycles. The number of piperidine rings is 1. The number of carbonyl (C=O) groups excluding carboxylic acids is 2. The lowest BCUT2D eigenvalue weighted by Gasteiger charge is -2.24. The molecule has 1 aromatic carbocycles. The maximum absolute atomic E-state index is 13.4. The highest BCUT2D eigenvalue weighted by Gasteiger charge is 2.30. The van der Waals surface area contributed by atoms with Crippen LogP contribution < -0.4 is 10.9 Å². The van der Waals surface area contributed by atoms with E-state index < -0.39 is 22.1 Å². The number of amides is 2. The first-order valence-electron chi connectivity index (χ1n) is 11.5. The molecule has 0 radical (unpaired) electrons. The van der Waals surface area contributed by atoms with Gasteiger partial charge in [0.2, 0.25) is 11.8 Å². The van der Waals surface area contributed by atoms with Crippen molar-refractivity contribution in [3.8, 4) is 0 Å². The molecule has 1 unspecified atom stereocenters. The van der Waals surface area contributed by atoms with Crippen LogP contribution in [-0.2, 0) is 26.1 Å². The third-order valence-electron chi connectivity index (χ3n) is 6.06. The number of hydrogen-bond acceptors (Lipinski definition) is 6. The zero-order valence-electron chi connectivity index (χ0n) is 18.9. The topological polar surface area (TPSA) is 135 Å². The molecular weight excluding hydrogens is 446 g/mol. The Labute approximate surface area is 193 Å². The Morgan fingerprint density at radius 2 is 1.73 bits per heavy atom. The van der Waals surface area contributed by atoms with E-state index >= 15 is 0 Å². The number of nitrogens with one attached hydrogen (secondary N) is 1. The third kappa shape index (κ3) is 6.70. The summed E-state index contributed by atoms with van der Waals surface area (Å²) in [7, 11) is -3.87. The van der Waals surface area contributed by atoms with Crippen molar-refractivity contribution in [1.29, 1.82) is 0 Å². The highest BCUT2D eigenvalue weighted by atomic mass is 32.2. The molecule has 180 valence electrons. The summed E-state index contributed by atoms with van der Waals surface area (Å²) in [6, 6.07) is 4.87. The Bertz CT molecular complexity index is 1190. The lowest BCUT2D eigenvalue weighted by molar-refractivity contribution is -0.135. The second kappa shape index (κ2) is 11.0. The fourth-order valence-corrected chi connectivity index (χ4v) is 4.98. The number of carbonyl (C=O) groups is 2. The van der Waals surface area contributed by atoms with E-state index in [1.165, 1.54) is 4.57 Å². The molecule has 0 bridgehead atoms. The number of aromatic nitrogens is 2. The van der Waals surface area contributed by atoms with Gasteiger partial charge in [0.15, 0.2) is 0 Å². The molecule has 1 aliphatic rings. The smallest absolute Gasteiger partial charge is 0.264 e. The summed E-state index contributed by atoms with van der Waals surface area (Å²) < 4.78 is 31.6. The van der Waals surface area contributed by atoms with Crippen molar-refractivity contribution < 1.29 is 22.6 Å². The van der Waals surface area contributed by atoms with E-state index in [4.69, 9.17) is 4.55 Å². The Morgan fingerprint density at radius 1 is 1.06 bits per heavy atom. The number of unbranched alkanes of at least 4 members (excludes halogenated alkanes) is 6. The molecule has 1 atom stereocenters.